The Morgan fingerprint density at radius 2 is 2.00 bits per heavy atom. The van der Waals surface area contributed by atoms with Gasteiger partial charge in [-0.2, -0.15) is 0 Å². The standard InChI is InChI=1S/C8H7N3S/c1-3-9-4-2-7(1)11-8-10-5-6-12-8/h1-6H,(H,9,10,11). The van der Waals surface area contributed by atoms with Crippen molar-refractivity contribution in [3.05, 3.63) is 36.1 Å². The third-order valence-corrected chi connectivity index (χ3v) is 2.05. The summed E-state index contributed by atoms with van der Waals surface area (Å²) in [5.41, 5.74) is 1.01. The number of anilines is 2. The van der Waals surface area contributed by atoms with Crippen molar-refractivity contribution in [2.45, 2.75) is 0 Å². The molecule has 4 heteroatoms. The van der Waals surface area contributed by atoms with Crippen LogP contribution in [0.3, 0.4) is 0 Å². The van der Waals surface area contributed by atoms with Gasteiger partial charge in [-0.05, 0) is 12.1 Å². The largest absolute Gasteiger partial charge is 0.331 e. The molecule has 0 atom stereocenters. The molecule has 12 heavy (non-hydrogen) atoms. The van der Waals surface area contributed by atoms with Gasteiger partial charge in [-0.3, -0.25) is 4.98 Å². The number of nitrogens with one attached hydrogen (secondary N) is 1. The van der Waals surface area contributed by atoms with Crippen LogP contribution in [0.25, 0.3) is 0 Å². The van der Waals surface area contributed by atoms with Crippen LogP contribution in [0.1, 0.15) is 0 Å². The summed E-state index contributed by atoms with van der Waals surface area (Å²) >= 11 is 1.58. The predicted octanol–water partition coefficient (Wildman–Crippen LogP) is 2.28. The monoisotopic (exact) mass is 177 g/mol. The quantitative estimate of drug-likeness (QED) is 0.764. The van der Waals surface area contributed by atoms with Crippen LogP contribution in [0.4, 0.5) is 10.8 Å². The van der Waals surface area contributed by atoms with Crippen LogP contribution < -0.4 is 5.32 Å². The number of rotatable bonds is 2. The van der Waals surface area contributed by atoms with Crippen LogP contribution in [0.5, 0.6) is 0 Å². The van der Waals surface area contributed by atoms with Crippen molar-refractivity contribution in [1.29, 1.82) is 0 Å². The summed E-state index contributed by atoms with van der Waals surface area (Å²) in [6.07, 6.45) is 5.26. The Labute approximate surface area is 74.1 Å². The van der Waals surface area contributed by atoms with E-state index in [9.17, 15) is 0 Å². The Morgan fingerprint density at radius 1 is 1.17 bits per heavy atom. The SMILES string of the molecule is c1cc(Nc2nccs2)ccn1. The van der Waals surface area contributed by atoms with Crippen LogP contribution in [0.15, 0.2) is 36.1 Å². The molecule has 0 saturated carbocycles. The van der Waals surface area contributed by atoms with Crippen molar-refractivity contribution in [3.63, 3.8) is 0 Å². The minimum absolute atomic E-state index is 0.904. The molecule has 0 fully saturated rings. The molecular weight excluding hydrogens is 170 g/mol. The Morgan fingerprint density at radius 3 is 2.67 bits per heavy atom. The van der Waals surface area contributed by atoms with Crippen molar-refractivity contribution in [1.82, 2.24) is 9.97 Å². The highest BCUT2D eigenvalue weighted by molar-refractivity contribution is 7.13. The van der Waals surface area contributed by atoms with Gasteiger partial charge in [0, 0.05) is 29.7 Å². The minimum Gasteiger partial charge on any atom is -0.331 e. The normalized spacial score (nSPS) is 9.67. The predicted molar refractivity (Wildman–Crippen MR) is 49.6 cm³/mol. The number of aromatic nitrogens is 2. The number of thiazole rings is 1. The maximum absolute atomic E-state index is 4.10. The van der Waals surface area contributed by atoms with Crippen molar-refractivity contribution in [2.75, 3.05) is 5.32 Å². The van der Waals surface area contributed by atoms with Gasteiger partial charge in [-0.15, -0.1) is 11.3 Å². The molecule has 2 heterocycles. The van der Waals surface area contributed by atoms with Gasteiger partial charge in [0.2, 0.25) is 0 Å². The molecular formula is C8H7N3S. The number of pyridine rings is 1. The zero-order valence-corrected chi connectivity index (χ0v) is 7.08. The number of nitrogens with zero attached hydrogens (tertiary/aromatic N) is 2. The summed E-state index contributed by atoms with van der Waals surface area (Å²) in [6, 6.07) is 3.81. The second-order valence-corrected chi connectivity index (χ2v) is 3.09. The van der Waals surface area contributed by atoms with Gasteiger partial charge < -0.3 is 5.32 Å². The molecule has 0 amide bonds. The minimum atomic E-state index is 0.904. The fraction of sp³-hybridized carbons (Fsp3) is 0. The molecule has 2 rings (SSSR count). The van der Waals surface area contributed by atoms with Crippen molar-refractivity contribution in [2.24, 2.45) is 0 Å². The molecule has 2 aromatic heterocycles. The van der Waals surface area contributed by atoms with E-state index in [1.165, 1.54) is 0 Å². The topological polar surface area (TPSA) is 37.8 Å². The van der Waals surface area contributed by atoms with Crippen LogP contribution in [0, 0.1) is 0 Å². The average Bonchev–Trinajstić information content (AvgIpc) is 2.59. The summed E-state index contributed by atoms with van der Waals surface area (Å²) < 4.78 is 0. The fourth-order valence-corrected chi connectivity index (χ4v) is 1.39. The highest BCUT2D eigenvalue weighted by Crippen LogP contribution is 2.16. The first-order valence-electron chi connectivity index (χ1n) is 3.52. The van der Waals surface area contributed by atoms with Gasteiger partial charge in [-0.1, -0.05) is 0 Å². The van der Waals surface area contributed by atoms with Crippen LogP contribution in [0.2, 0.25) is 0 Å². The summed E-state index contributed by atoms with van der Waals surface area (Å²) in [5, 5.41) is 5.99. The Balaban J connectivity index is 2.15. The highest BCUT2D eigenvalue weighted by atomic mass is 32.1. The summed E-state index contributed by atoms with van der Waals surface area (Å²) in [6.45, 7) is 0. The molecule has 0 spiro atoms. The van der Waals surface area contributed by atoms with Gasteiger partial charge in [-0.25, -0.2) is 4.98 Å². The molecule has 1 N–H and O–H groups in total. The number of hydrogen-bond acceptors (Lipinski definition) is 4. The lowest BCUT2D eigenvalue weighted by Gasteiger charge is -1.99. The van der Waals surface area contributed by atoms with Crippen LogP contribution >= 0.6 is 11.3 Å². The molecule has 0 aliphatic carbocycles. The number of hydrogen-bond donors (Lipinski definition) is 1. The molecule has 0 aliphatic rings. The van der Waals surface area contributed by atoms with E-state index in [1.807, 2.05) is 17.5 Å². The van der Waals surface area contributed by atoms with Crippen molar-refractivity contribution >= 4 is 22.2 Å². The van der Waals surface area contributed by atoms with Gasteiger partial charge in [0.15, 0.2) is 5.13 Å². The van der Waals surface area contributed by atoms with Crippen LogP contribution in [-0.4, -0.2) is 9.97 Å². The molecule has 0 radical (unpaired) electrons. The van der Waals surface area contributed by atoms with Gasteiger partial charge >= 0.3 is 0 Å². The first kappa shape index (κ1) is 7.24. The van der Waals surface area contributed by atoms with E-state index in [1.54, 1.807) is 29.9 Å². The van der Waals surface area contributed by atoms with E-state index in [0.29, 0.717) is 0 Å². The second-order valence-electron chi connectivity index (χ2n) is 2.20. The molecule has 60 valence electrons. The maximum Gasteiger partial charge on any atom is 0.187 e. The van der Waals surface area contributed by atoms with Gasteiger partial charge in [0.1, 0.15) is 0 Å². The van der Waals surface area contributed by atoms with E-state index in [2.05, 4.69) is 15.3 Å². The molecule has 2 aromatic rings. The third-order valence-electron chi connectivity index (χ3n) is 1.36. The molecule has 0 unspecified atom stereocenters. The summed E-state index contributed by atoms with van der Waals surface area (Å²) in [4.78, 5) is 8.02. The zero-order valence-electron chi connectivity index (χ0n) is 6.27. The molecule has 0 bridgehead atoms. The van der Waals surface area contributed by atoms with Crippen molar-refractivity contribution < 1.29 is 0 Å². The van der Waals surface area contributed by atoms with Gasteiger partial charge in [0.05, 0.1) is 0 Å². The van der Waals surface area contributed by atoms with E-state index in [-0.39, 0.29) is 0 Å². The van der Waals surface area contributed by atoms with E-state index < -0.39 is 0 Å². The molecule has 0 aromatic carbocycles. The zero-order chi connectivity index (χ0) is 8.23. The average molecular weight is 177 g/mol. The maximum atomic E-state index is 4.10. The lowest BCUT2D eigenvalue weighted by Crippen LogP contribution is -1.87. The smallest absolute Gasteiger partial charge is 0.187 e. The molecule has 0 aliphatic heterocycles. The fourth-order valence-electron chi connectivity index (χ4n) is 0.844. The highest BCUT2D eigenvalue weighted by Gasteiger charge is 1.93. The van der Waals surface area contributed by atoms with Crippen LogP contribution in [-0.2, 0) is 0 Å². The van der Waals surface area contributed by atoms with E-state index >= 15 is 0 Å². The Bertz CT molecular complexity index is 330. The summed E-state index contributed by atoms with van der Waals surface area (Å²) in [5.74, 6) is 0. The van der Waals surface area contributed by atoms with Gasteiger partial charge in [0.25, 0.3) is 0 Å². The molecule has 0 saturated heterocycles. The second kappa shape index (κ2) is 3.32. The first-order valence-corrected chi connectivity index (χ1v) is 4.40. The Hall–Kier alpha value is -1.42. The third kappa shape index (κ3) is 1.60. The van der Waals surface area contributed by atoms with E-state index in [0.717, 1.165) is 10.8 Å². The van der Waals surface area contributed by atoms with E-state index in [4.69, 9.17) is 0 Å². The first-order chi connectivity index (χ1) is 5.95. The van der Waals surface area contributed by atoms with Crippen molar-refractivity contribution in [3.8, 4) is 0 Å². The lowest BCUT2D eigenvalue weighted by atomic mass is 10.4. The molecule has 3 nitrogen and oxygen atoms in total. The lowest BCUT2D eigenvalue weighted by molar-refractivity contribution is 1.32. The Kier molecular flexibility index (Phi) is 2.00. The summed E-state index contributed by atoms with van der Waals surface area (Å²) in [7, 11) is 0.